The van der Waals surface area contributed by atoms with Gasteiger partial charge in [0.25, 0.3) is 5.56 Å². The predicted octanol–water partition coefficient (Wildman–Crippen LogP) is 1.50. The molecule has 1 amide bonds. The van der Waals surface area contributed by atoms with Crippen molar-refractivity contribution in [2.45, 2.75) is 61.8 Å². The lowest BCUT2D eigenvalue weighted by Crippen LogP contribution is -2.63. The number of rotatable bonds is 6. The van der Waals surface area contributed by atoms with Gasteiger partial charge in [0.15, 0.2) is 0 Å². The number of aryl methyl sites for hydroxylation is 1. The summed E-state index contributed by atoms with van der Waals surface area (Å²) in [5.41, 5.74) is -1.24. The van der Waals surface area contributed by atoms with E-state index in [0.29, 0.717) is 5.02 Å². The molecule has 2 unspecified atom stereocenters. The highest BCUT2D eigenvalue weighted by molar-refractivity contribution is 7.86. The van der Waals surface area contributed by atoms with Gasteiger partial charge in [-0.2, -0.15) is 0 Å². The van der Waals surface area contributed by atoms with Crippen LogP contribution in [0.2, 0.25) is 10.0 Å². The number of carbonyl (C=O) groups is 1. The van der Waals surface area contributed by atoms with E-state index in [4.69, 9.17) is 27.9 Å². The van der Waals surface area contributed by atoms with Gasteiger partial charge in [0.2, 0.25) is 11.8 Å². The zero-order valence-corrected chi connectivity index (χ0v) is 19.9. The minimum absolute atomic E-state index is 0.0232. The Bertz CT molecular complexity index is 1180. The smallest absolute Gasteiger partial charge is 0.332 e. The summed E-state index contributed by atoms with van der Waals surface area (Å²) in [5, 5.41) is 12.6. The summed E-state index contributed by atoms with van der Waals surface area (Å²) in [6.07, 6.45) is -0.729. The maximum atomic E-state index is 13.7. The van der Waals surface area contributed by atoms with E-state index in [2.05, 4.69) is 10.3 Å². The third kappa shape index (κ3) is 4.29. The number of carbonyl (C=O) groups excluding carboxylic acids is 1. The first-order valence-electron chi connectivity index (χ1n) is 9.93. The molecule has 1 aromatic carbocycles. The second kappa shape index (κ2) is 9.48. The van der Waals surface area contributed by atoms with Gasteiger partial charge in [0.1, 0.15) is 11.4 Å². The highest BCUT2D eigenvalue weighted by Crippen LogP contribution is 2.39. The molecule has 5 atom stereocenters. The van der Waals surface area contributed by atoms with Crippen LogP contribution in [0.1, 0.15) is 32.8 Å². The summed E-state index contributed by atoms with van der Waals surface area (Å²) in [6.45, 7) is 4.83. The molecular weight excluding hydrogens is 481 g/mol. The SMILES string of the molecule is CCC(=O)N[C@@]1(n2cc(CC)c(=O)[nH]c2=O)O[C@H](C)[C@@H](O)C1S(=O)c1ccc(Cl)cc1Cl. The van der Waals surface area contributed by atoms with Crippen LogP contribution in [0.5, 0.6) is 0 Å². The Balaban J connectivity index is 2.29. The molecule has 1 aromatic heterocycles. The summed E-state index contributed by atoms with van der Waals surface area (Å²) in [7, 11) is -2.07. The first-order valence-corrected chi connectivity index (χ1v) is 11.9. The number of ether oxygens (including phenoxy) is 1. The van der Waals surface area contributed by atoms with Gasteiger partial charge in [-0.1, -0.05) is 37.0 Å². The minimum Gasteiger partial charge on any atom is -0.389 e. The van der Waals surface area contributed by atoms with Crippen molar-refractivity contribution in [1.82, 2.24) is 14.9 Å². The predicted molar refractivity (Wildman–Crippen MR) is 120 cm³/mol. The molecule has 1 aliphatic heterocycles. The number of aromatic nitrogens is 2. The maximum Gasteiger partial charge on any atom is 0.332 e. The van der Waals surface area contributed by atoms with Crippen LogP contribution in [0.25, 0.3) is 0 Å². The van der Waals surface area contributed by atoms with E-state index in [1.54, 1.807) is 13.8 Å². The van der Waals surface area contributed by atoms with Crippen LogP contribution < -0.4 is 16.6 Å². The van der Waals surface area contributed by atoms with Crippen molar-refractivity contribution in [3.8, 4) is 0 Å². The molecule has 0 radical (unpaired) electrons. The zero-order chi connectivity index (χ0) is 23.8. The number of halogens is 2. The number of amides is 1. The van der Waals surface area contributed by atoms with E-state index in [1.165, 1.54) is 31.3 Å². The number of aromatic amines is 1. The monoisotopic (exact) mass is 503 g/mol. The molecule has 174 valence electrons. The lowest BCUT2D eigenvalue weighted by Gasteiger charge is -2.36. The number of aliphatic hydroxyl groups excluding tert-OH is 1. The van der Waals surface area contributed by atoms with Crippen LogP contribution in [0.3, 0.4) is 0 Å². The summed E-state index contributed by atoms with van der Waals surface area (Å²) in [4.78, 5) is 39.8. The second-order valence-corrected chi connectivity index (χ2v) is 9.73. The van der Waals surface area contributed by atoms with Crippen molar-refractivity contribution >= 4 is 39.9 Å². The molecule has 0 spiro atoms. The van der Waals surface area contributed by atoms with Crippen molar-refractivity contribution in [3.05, 3.63) is 60.8 Å². The fraction of sp³-hybridized carbons (Fsp3) is 0.450. The number of nitrogens with zero attached hydrogens (tertiary/aromatic N) is 1. The molecule has 9 nitrogen and oxygen atoms in total. The van der Waals surface area contributed by atoms with Gasteiger partial charge in [-0.25, -0.2) is 4.79 Å². The standard InChI is InChI=1S/C20H23Cl2N3O6S/c1-4-11-9-25(19(29)23-18(11)28)20(24-15(26)5-2)17(16(27)10(3)31-20)32(30)14-7-6-12(21)8-13(14)22/h6-10,16-17,27H,4-5H2,1-3H3,(H,24,26)(H,23,28,29)/t10-,16-,17?,20+,32?/m1/s1. The van der Waals surface area contributed by atoms with Crippen LogP contribution in [0, 0.1) is 0 Å². The van der Waals surface area contributed by atoms with Crippen molar-refractivity contribution < 1.29 is 18.8 Å². The van der Waals surface area contributed by atoms with E-state index < -0.39 is 51.3 Å². The lowest BCUT2D eigenvalue weighted by molar-refractivity contribution is -0.149. The van der Waals surface area contributed by atoms with E-state index >= 15 is 0 Å². The minimum atomic E-state index is -2.07. The molecular formula is C20H23Cl2N3O6S. The maximum absolute atomic E-state index is 13.7. The molecule has 1 saturated heterocycles. The van der Waals surface area contributed by atoms with Crippen molar-refractivity contribution in [2.75, 3.05) is 0 Å². The second-order valence-electron chi connectivity index (χ2n) is 7.34. The molecule has 3 rings (SSSR count). The summed E-state index contributed by atoms with van der Waals surface area (Å²) in [5.74, 6) is -2.57. The Kier molecular flexibility index (Phi) is 7.31. The number of benzene rings is 1. The van der Waals surface area contributed by atoms with Gasteiger partial charge in [-0.15, -0.1) is 0 Å². The quantitative estimate of drug-likeness (QED) is 0.547. The molecule has 32 heavy (non-hydrogen) atoms. The fourth-order valence-electron chi connectivity index (χ4n) is 3.60. The number of nitrogens with one attached hydrogen (secondary N) is 2. The normalized spacial score (nSPS) is 26.1. The van der Waals surface area contributed by atoms with Gasteiger partial charge in [-0.3, -0.25) is 23.3 Å². The van der Waals surface area contributed by atoms with E-state index in [1.807, 2.05) is 0 Å². The Labute approximate surface area is 196 Å². The molecule has 2 aromatic rings. The zero-order valence-electron chi connectivity index (χ0n) is 17.6. The highest BCUT2D eigenvalue weighted by Gasteiger charge is 2.59. The topological polar surface area (TPSA) is 130 Å². The highest BCUT2D eigenvalue weighted by atomic mass is 35.5. The Morgan fingerprint density at radius 2 is 2.03 bits per heavy atom. The Morgan fingerprint density at radius 1 is 1.34 bits per heavy atom. The molecule has 2 heterocycles. The van der Waals surface area contributed by atoms with Crippen molar-refractivity contribution in [3.63, 3.8) is 0 Å². The van der Waals surface area contributed by atoms with E-state index in [-0.39, 0.29) is 28.3 Å². The van der Waals surface area contributed by atoms with Gasteiger partial charge in [-0.05, 0) is 31.5 Å². The molecule has 0 aliphatic carbocycles. The average molecular weight is 504 g/mol. The third-order valence-electron chi connectivity index (χ3n) is 5.28. The van der Waals surface area contributed by atoms with Crippen molar-refractivity contribution in [2.24, 2.45) is 0 Å². The summed E-state index contributed by atoms with van der Waals surface area (Å²) in [6, 6.07) is 4.32. The number of hydrogen-bond donors (Lipinski definition) is 3. The molecule has 3 N–H and O–H groups in total. The van der Waals surface area contributed by atoms with E-state index in [0.717, 1.165) is 4.57 Å². The first-order chi connectivity index (χ1) is 15.0. The number of H-pyrrole nitrogens is 1. The van der Waals surface area contributed by atoms with Crippen LogP contribution in [-0.4, -0.2) is 42.2 Å². The molecule has 12 heteroatoms. The molecule has 1 aliphatic rings. The fourth-order valence-corrected chi connectivity index (χ4v) is 5.95. The molecule has 1 fully saturated rings. The average Bonchev–Trinajstić information content (AvgIpc) is 2.97. The van der Waals surface area contributed by atoms with Crippen LogP contribution >= 0.6 is 23.2 Å². The van der Waals surface area contributed by atoms with Crippen LogP contribution in [0.15, 0.2) is 38.9 Å². The molecule has 0 saturated carbocycles. The molecule has 0 bridgehead atoms. The van der Waals surface area contributed by atoms with Gasteiger partial charge in [0.05, 0.1) is 26.8 Å². The number of hydrogen-bond acceptors (Lipinski definition) is 6. The Morgan fingerprint density at radius 3 is 2.62 bits per heavy atom. The lowest BCUT2D eigenvalue weighted by atomic mass is 10.1. The van der Waals surface area contributed by atoms with Gasteiger partial charge >= 0.3 is 5.69 Å². The third-order valence-corrected chi connectivity index (χ3v) is 7.79. The van der Waals surface area contributed by atoms with Crippen LogP contribution in [-0.2, 0) is 32.6 Å². The Hall–Kier alpha value is -1.98. The van der Waals surface area contributed by atoms with Crippen LogP contribution in [0.4, 0.5) is 0 Å². The van der Waals surface area contributed by atoms with E-state index in [9.17, 15) is 23.7 Å². The van der Waals surface area contributed by atoms with Gasteiger partial charge in [0, 0.05) is 23.2 Å². The van der Waals surface area contributed by atoms with Gasteiger partial charge < -0.3 is 15.2 Å². The van der Waals surface area contributed by atoms with Crippen molar-refractivity contribution in [1.29, 1.82) is 0 Å². The largest absolute Gasteiger partial charge is 0.389 e. The number of aliphatic hydroxyl groups is 1. The summed E-state index contributed by atoms with van der Waals surface area (Å²) < 4.78 is 20.7. The summed E-state index contributed by atoms with van der Waals surface area (Å²) >= 11 is 12.2. The first kappa shape index (κ1) is 24.7.